The molecule has 1 aliphatic rings. The van der Waals surface area contributed by atoms with Crippen LogP contribution in [0.15, 0.2) is 12.3 Å². The molecule has 0 saturated heterocycles. The number of ether oxygens (including phenoxy) is 1. The fourth-order valence-corrected chi connectivity index (χ4v) is 1.56. The number of hydrogen-bond donors (Lipinski definition) is 1. The molecule has 0 aromatic heterocycles. The van der Waals surface area contributed by atoms with E-state index in [9.17, 15) is 9.90 Å². The fraction of sp³-hybridized carbons (Fsp3) is 0.700. The highest BCUT2D eigenvalue weighted by Crippen LogP contribution is 2.18. The molecule has 0 unspecified atom stereocenters. The molecule has 14 heavy (non-hydrogen) atoms. The summed E-state index contributed by atoms with van der Waals surface area (Å²) in [7, 11) is 0. The summed E-state index contributed by atoms with van der Waals surface area (Å²) in [5, 5.41) is 9.37. The molecule has 1 rings (SSSR count). The zero-order valence-corrected chi connectivity index (χ0v) is 8.64. The molecule has 0 saturated carbocycles. The Balaban J connectivity index is 2.65. The van der Waals surface area contributed by atoms with Crippen molar-refractivity contribution in [2.75, 3.05) is 6.61 Å². The molecule has 0 aliphatic carbocycles. The predicted octanol–water partition coefficient (Wildman–Crippen LogP) is 1.50. The summed E-state index contributed by atoms with van der Waals surface area (Å²) in [4.78, 5) is 13.0. The molecule has 1 heterocycles. The second-order valence-corrected chi connectivity index (χ2v) is 3.31. The van der Waals surface area contributed by atoms with Gasteiger partial charge in [0.05, 0.1) is 12.7 Å². The molecule has 4 nitrogen and oxygen atoms in total. The van der Waals surface area contributed by atoms with Gasteiger partial charge in [0.25, 0.3) is 0 Å². The average Bonchev–Trinajstić information content (AvgIpc) is 2.17. The van der Waals surface area contributed by atoms with Gasteiger partial charge in [-0.05, 0) is 25.8 Å². The van der Waals surface area contributed by atoms with Gasteiger partial charge in [-0.2, -0.15) is 0 Å². The lowest BCUT2D eigenvalue weighted by Gasteiger charge is -2.31. The van der Waals surface area contributed by atoms with Gasteiger partial charge in [-0.1, -0.05) is 6.92 Å². The van der Waals surface area contributed by atoms with E-state index in [1.807, 2.05) is 6.92 Å². The van der Waals surface area contributed by atoms with E-state index in [1.165, 1.54) is 0 Å². The van der Waals surface area contributed by atoms with Crippen molar-refractivity contribution < 1.29 is 14.6 Å². The molecule has 0 radical (unpaired) electrons. The zero-order valence-electron chi connectivity index (χ0n) is 8.64. The molecule has 4 heteroatoms. The predicted molar refractivity (Wildman–Crippen MR) is 52.7 cm³/mol. The molecule has 1 amide bonds. The summed E-state index contributed by atoms with van der Waals surface area (Å²) < 4.78 is 4.90. The van der Waals surface area contributed by atoms with Crippen LogP contribution in [0.3, 0.4) is 0 Å². The van der Waals surface area contributed by atoms with E-state index in [-0.39, 0.29) is 12.1 Å². The van der Waals surface area contributed by atoms with Gasteiger partial charge >= 0.3 is 6.09 Å². The maximum atomic E-state index is 11.4. The van der Waals surface area contributed by atoms with Gasteiger partial charge < -0.3 is 9.84 Å². The number of rotatable bonds is 2. The van der Waals surface area contributed by atoms with Gasteiger partial charge in [-0.3, -0.25) is 4.90 Å². The number of aliphatic hydroxyl groups is 1. The minimum Gasteiger partial charge on any atom is -0.449 e. The fourth-order valence-electron chi connectivity index (χ4n) is 1.56. The van der Waals surface area contributed by atoms with E-state index >= 15 is 0 Å². The summed E-state index contributed by atoms with van der Waals surface area (Å²) in [6, 6.07) is 0.0500. The first-order valence-corrected chi connectivity index (χ1v) is 5.00. The first-order valence-electron chi connectivity index (χ1n) is 5.00. The Labute approximate surface area is 84.2 Å². The van der Waals surface area contributed by atoms with E-state index in [4.69, 9.17) is 4.74 Å². The van der Waals surface area contributed by atoms with Crippen LogP contribution < -0.4 is 0 Å². The summed E-state index contributed by atoms with van der Waals surface area (Å²) in [5.74, 6) is 0. The van der Waals surface area contributed by atoms with Gasteiger partial charge in [0.1, 0.15) is 0 Å². The van der Waals surface area contributed by atoms with Crippen LogP contribution in [0.2, 0.25) is 0 Å². The topological polar surface area (TPSA) is 49.8 Å². The minimum absolute atomic E-state index is 0.0500. The third-order valence-electron chi connectivity index (χ3n) is 2.33. The number of amides is 1. The summed E-state index contributed by atoms with van der Waals surface area (Å²) in [5.41, 5.74) is 0. The monoisotopic (exact) mass is 199 g/mol. The Hall–Kier alpha value is -1.03. The lowest BCUT2D eigenvalue weighted by Crippen LogP contribution is -2.41. The molecule has 1 N–H and O–H groups in total. The van der Waals surface area contributed by atoms with Crippen LogP contribution in [0.5, 0.6) is 0 Å². The van der Waals surface area contributed by atoms with Gasteiger partial charge in [0, 0.05) is 12.2 Å². The first kappa shape index (κ1) is 11.0. The molecule has 0 bridgehead atoms. The highest BCUT2D eigenvalue weighted by Gasteiger charge is 2.26. The highest BCUT2D eigenvalue weighted by molar-refractivity contribution is 5.69. The normalized spacial score (nSPS) is 26.4. The standard InChI is InChI=1S/C10H17NO3/c1-3-8-7-9(12)5-6-11(8)10(13)14-4-2/h5-6,8-9,12H,3-4,7H2,1-2H3/t8-,9-/m0/s1. The molecule has 0 aromatic rings. The largest absolute Gasteiger partial charge is 0.449 e. The van der Waals surface area contributed by atoms with E-state index in [0.717, 1.165) is 6.42 Å². The van der Waals surface area contributed by atoms with Crippen LogP contribution in [0.25, 0.3) is 0 Å². The van der Waals surface area contributed by atoms with Crippen LogP contribution in [0.4, 0.5) is 4.79 Å². The third kappa shape index (κ3) is 2.48. The van der Waals surface area contributed by atoms with E-state index in [2.05, 4.69) is 0 Å². The van der Waals surface area contributed by atoms with Gasteiger partial charge in [0.2, 0.25) is 0 Å². The second kappa shape index (κ2) is 5.00. The van der Waals surface area contributed by atoms with Gasteiger partial charge in [0.15, 0.2) is 0 Å². The molecule has 0 aromatic carbocycles. The maximum absolute atomic E-state index is 11.4. The van der Waals surface area contributed by atoms with Crippen molar-refractivity contribution in [2.45, 2.75) is 38.8 Å². The van der Waals surface area contributed by atoms with Crippen molar-refractivity contribution in [3.8, 4) is 0 Å². The van der Waals surface area contributed by atoms with Crippen LogP contribution >= 0.6 is 0 Å². The quantitative estimate of drug-likeness (QED) is 0.733. The number of hydrogen-bond acceptors (Lipinski definition) is 3. The molecular formula is C10H17NO3. The van der Waals surface area contributed by atoms with Gasteiger partial charge in [-0.25, -0.2) is 4.79 Å². The van der Waals surface area contributed by atoms with Crippen LogP contribution in [-0.4, -0.2) is 34.9 Å². The highest BCUT2D eigenvalue weighted by atomic mass is 16.6. The third-order valence-corrected chi connectivity index (χ3v) is 2.33. The summed E-state index contributed by atoms with van der Waals surface area (Å²) >= 11 is 0. The average molecular weight is 199 g/mol. The molecular weight excluding hydrogens is 182 g/mol. The van der Waals surface area contributed by atoms with E-state index < -0.39 is 6.10 Å². The van der Waals surface area contributed by atoms with Crippen molar-refractivity contribution in [2.24, 2.45) is 0 Å². The van der Waals surface area contributed by atoms with Crippen LogP contribution in [0, 0.1) is 0 Å². The number of aliphatic hydroxyl groups excluding tert-OH is 1. The Kier molecular flexibility index (Phi) is 3.95. The van der Waals surface area contributed by atoms with E-state index in [0.29, 0.717) is 13.0 Å². The molecule has 1 aliphatic heterocycles. The Morgan fingerprint density at radius 3 is 2.93 bits per heavy atom. The SMILES string of the molecule is CCOC(=O)N1C=C[C@H](O)C[C@@H]1CC. The smallest absolute Gasteiger partial charge is 0.414 e. The molecule has 80 valence electrons. The molecule has 2 atom stereocenters. The first-order chi connectivity index (χ1) is 6.69. The van der Waals surface area contributed by atoms with Crippen LogP contribution in [0.1, 0.15) is 26.7 Å². The molecule has 0 spiro atoms. The number of carbonyl (C=O) groups excluding carboxylic acids is 1. The maximum Gasteiger partial charge on any atom is 0.414 e. The van der Waals surface area contributed by atoms with Crippen molar-refractivity contribution in [1.82, 2.24) is 4.90 Å². The second-order valence-electron chi connectivity index (χ2n) is 3.31. The number of nitrogens with zero attached hydrogens (tertiary/aromatic N) is 1. The van der Waals surface area contributed by atoms with Gasteiger partial charge in [-0.15, -0.1) is 0 Å². The van der Waals surface area contributed by atoms with Crippen molar-refractivity contribution >= 4 is 6.09 Å². The Morgan fingerprint density at radius 2 is 2.36 bits per heavy atom. The lowest BCUT2D eigenvalue weighted by molar-refractivity contribution is 0.0874. The van der Waals surface area contributed by atoms with Crippen molar-refractivity contribution in [1.29, 1.82) is 0 Å². The zero-order chi connectivity index (χ0) is 10.6. The Bertz CT molecular complexity index is 227. The Morgan fingerprint density at radius 1 is 1.64 bits per heavy atom. The molecule has 0 fully saturated rings. The van der Waals surface area contributed by atoms with E-state index in [1.54, 1.807) is 24.1 Å². The van der Waals surface area contributed by atoms with Crippen molar-refractivity contribution in [3.05, 3.63) is 12.3 Å². The lowest BCUT2D eigenvalue weighted by atomic mass is 10.0. The summed E-state index contributed by atoms with van der Waals surface area (Å²) in [6.07, 6.45) is 3.86. The minimum atomic E-state index is -0.439. The summed E-state index contributed by atoms with van der Waals surface area (Å²) in [6.45, 7) is 4.15. The number of carbonyl (C=O) groups is 1. The van der Waals surface area contributed by atoms with Crippen molar-refractivity contribution in [3.63, 3.8) is 0 Å². The van der Waals surface area contributed by atoms with Crippen LogP contribution in [-0.2, 0) is 4.74 Å².